The van der Waals surface area contributed by atoms with Crippen molar-refractivity contribution < 1.29 is 0 Å². The quantitative estimate of drug-likeness (QED) is 0.471. The Hall–Kier alpha value is -0.430. The molecule has 0 atom stereocenters. The molecule has 0 aliphatic heterocycles. The van der Waals surface area contributed by atoms with Crippen LogP contribution < -0.4 is 0 Å². The van der Waals surface area contributed by atoms with Gasteiger partial charge in [0, 0.05) is 4.91 Å². The maximum absolute atomic E-state index is 4.39. The lowest BCUT2D eigenvalue weighted by Gasteiger charge is -2.05. The highest BCUT2D eigenvalue weighted by Gasteiger charge is 1.98. The smallest absolute Gasteiger partial charge is 0.00976 e. The third-order valence-corrected chi connectivity index (χ3v) is 2.49. The van der Waals surface area contributed by atoms with Crippen molar-refractivity contribution in [3.8, 4) is 0 Å². The lowest BCUT2D eigenvalue weighted by Crippen LogP contribution is -1.84. The van der Waals surface area contributed by atoms with Crippen molar-refractivity contribution in [3.63, 3.8) is 0 Å². The van der Waals surface area contributed by atoms with Crippen molar-refractivity contribution in [2.75, 3.05) is 0 Å². The summed E-state index contributed by atoms with van der Waals surface area (Å²) in [6.07, 6.45) is 2.05. The van der Waals surface area contributed by atoms with Gasteiger partial charge in [0.2, 0.25) is 0 Å². The van der Waals surface area contributed by atoms with Gasteiger partial charge in [-0.25, -0.2) is 0 Å². The maximum atomic E-state index is 4.39. The highest BCUT2D eigenvalue weighted by Crippen LogP contribution is 2.21. The molecule has 0 rings (SSSR count). The summed E-state index contributed by atoms with van der Waals surface area (Å²) in [5.41, 5.74) is 3.45. The highest BCUT2D eigenvalue weighted by atomic mass is 32.1. The molecule has 0 aromatic carbocycles. The third-order valence-electron chi connectivity index (χ3n) is 1.80. The zero-order chi connectivity index (χ0) is 9.02. The third kappa shape index (κ3) is 2.98. The average molecular weight is 168 g/mol. The Labute approximate surface area is 75.1 Å². The van der Waals surface area contributed by atoms with Crippen LogP contribution in [0.4, 0.5) is 0 Å². The minimum atomic E-state index is 1.04. The summed E-state index contributed by atoms with van der Waals surface area (Å²) in [4.78, 5) is 1.04. The second kappa shape index (κ2) is 4.45. The normalized spacial score (nSPS) is 14.5. The van der Waals surface area contributed by atoms with Crippen molar-refractivity contribution in [1.82, 2.24) is 0 Å². The number of hydrogen-bond donors (Lipinski definition) is 1. The molecule has 0 aromatic heterocycles. The monoisotopic (exact) mass is 168 g/mol. The first-order chi connectivity index (χ1) is 5.00. The summed E-state index contributed by atoms with van der Waals surface area (Å²) in [5.74, 6) is 0. The minimum Gasteiger partial charge on any atom is -0.143 e. The van der Waals surface area contributed by atoms with Gasteiger partial charge in [-0.15, -0.1) is 12.6 Å². The van der Waals surface area contributed by atoms with Gasteiger partial charge in [-0.05, 0) is 38.8 Å². The van der Waals surface area contributed by atoms with E-state index in [1.54, 1.807) is 0 Å². The molecule has 0 aromatic rings. The van der Waals surface area contributed by atoms with Crippen molar-refractivity contribution in [3.05, 3.63) is 34.3 Å². The number of allylic oxidation sites excluding steroid dienone is 4. The van der Waals surface area contributed by atoms with Crippen LogP contribution in [0.15, 0.2) is 34.3 Å². The Bertz CT molecular complexity index is 219. The van der Waals surface area contributed by atoms with E-state index in [4.69, 9.17) is 0 Å². The molecule has 0 nitrogen and oxygen atoms in total. The first kappa shape index (κ1) is 10.6. The molecule has 62 valence electrons. The van der Waals surface area contributed by atoms with E-state index in [0.29, 0.717) is 0 Å². The molecule has 0 bridgehead atoms. The Morgan fingerprint density at radius 3 is 2.00 bits per heavy atom. The molecule has 0 heterocycles. The van der Waals surface area contributed by atoms with Gasteiger partial charge in [0.25, 0.3) is 0 Å². The van der Waals surface area contributed by atoms with E-state index in [0.717, 1.165) is 10.5 Å². The van der Waals surface area contributed by atoms with E-state index in [9.17, 15) is 0 Å². The Morgan fingerprint density at radius 2 is 1.73 bits per heavy atom. The summed E-state index contributed by atoms with van der Waals surface area (Å²) >= 11 is 4.39. The largest absolute Gasteiger partial charge is 0.143 e. The standard InChI is InChI=1S/C10H16S/c1-6-8(4)10(11)9(5)7(2)3/h6,11H,2H2,1,3-5H3/b8-6-,10-9+. The van der Waals surface area contributed by atoms with Crippen LogP contribution in [0.2, 0.25) is 0 Å². The van der Waals surface area contributed by atoms with Gasteiger partial charge in [0.15, 0.2) is 0 Å². The van der Waals surface area contributed by atoms with E-state index in [1.807, 2.05) is 20.8 Å². The lowest BCUT2D eigenvalue weighted by molar-refractivity contribution is 1.31. The van der Waals surface area contributed by atoms with Gasteiger partial charge < -0.3 is 0 Å². The zero-order valence-corrected chi connectivity index (χ0v) is 8.63. The average Bonchev–Trinajstić information content (AvgIpc) is 2.00. The molecule has 0 aliphatic carbocycles. The van der Waals surface area contributed by atoms with Crippen LogP contribution in [-0.4, -0.2) is 0 Å². The first-order valence-electron chi connectivity index (χ1n) is 3.69. The zero-order valence-electron chi connectivity index (χ0n) is 7.73. The van der Waals surface area contributed by atoms with Crippen LogP contribution in [0, 0.1) is 0 Å². The molecule has 0 N–H and O–H groups in total. The van der Waals surface area contributed by atoms with Crippen molar-refractivity contribution >= 4 is 12.6 Å². The van der Waals surface area contributed by atoms with Crippen LogP contribution >= 0.6 is 12.6 Å². The SMILES string of the molecule is C=C(C)/C(C)=C(S)\C(C)=C/C. The van der Waals surface area contributed by atoms with Gasteiger partial charge >= 0.3 is 0 Å². The van der Waals surface area contributed by atoms with E-state index >= 15 is 0 Å². The lowest BCUT2D eigenvalue weighted by atomic mass is 10.1. The van der Waals surface area contributed by atoms with E-state index in [-0.39, 0.29) is 0 Å². The highest BCUT2D eigenvalue weighted by molar-refractivity contribution is 7.84. The van der Waals surface area contributed by atoms with E-state index < -0.39 is 0 Å². The fourth-order valence-corrected chi connectivity index (χ4v) is 0.955. The van der Waals surface area contributed by atoms with E-state index in [1.165, 1.54) is 11.1 Å². The summed E-state index contributed by atoms with van der Waals surface area (Å²) in [6.45, 7) is 12.0. The number of rotatable bonds is 2. The van der Waals surface area contributed by atoms with Crippen LogP contribution in [0.1, 0.15) is 27.7 Å². The van der Waals surface area contributed by atoms with Gasteiger partial charge in [-0.2, -0.15) is 0 Å². The number of thiol groups is 1. The summed E-state index contributed by atoms with van der Waals surface area (Å²) < 4.78 is 0. The molecule has 0 saturated carbocycles. The predicted octanol–water partition coefficient (Wildman–Crippen LogP) is 3.73. The van der Waals surface area contributed by atoms with Gasteiger partial charge in [-0.1, -0.05) is 18.2 Å². The molecular formula is C10H16S. The molecule has 0 spiro atoms. The fourth-order valence-electron chi connectivity index (χ4n) is 0.635. The fraction of sp³-hybridized carbons (Fsp3) is 0.400. The molecule has 0 aliphatic rings. The molecular weight excluding hydrogens is 152 g/mol. The maximum Gasteiger partial charge on any atom is 0.00976 e. The predicted molar refractivity (Wildman–Crippen MR) is 55.9 cm³/mol. The summed E-state index contributed by atoms with van der Waals surface area (Å²) in [6, 6.07) is 0. The van der Waals surface area contributed by atoms with Crippen LogP contribution in [0.5, 0.6) is 0 Å². The van der Waals surface area contributed by atoms with Crippen LogP contribution in [0.25, 0.3) is 0 Å². The van der Waals surface area contributed by atoms with E-state index in [2.05, 4.69) is 32.2 Å². The Morgan fingerprint density at radius 1 is 1.27 bits per heavy atom. The first-order valence-corrected chi connectivity index (χ1v) is 4.14. The molecule has 11 heavy (non-hydrogen) atoms. The topological polar surface area (TPSA) is 0 Å². The van der Waals surface area contributed by atoms with Gasteiger partial charge in [-0.3, -0.25) is 0 Å². The van der Waals surface area contributed by atoms with Gasteiger partial charge in [0.05, 0.1) is 0 Å². The number of hydrogen-bond acceptors (Lipinski definition) is 1. The molecule has 0 saturated heterocycles. The Balaban J connectivity index is 4.81. The van der Waals surface area contributed by atoms with Gasteiger partial charge in [0.1, 0.15) is 0 Å². The second-order valence-corrected chi connectivity index (χ2v) is 3.17. The molecule has 0 unspecified atom stereocenters. The van der Waals surface area contributed by atoms with Crippen LogP contribution in [0.3, 0.4) is 0 Å². The van der Waals surface area contributed by atoms with Crippen molar-refractivity contribution in [1.29, 1.82) is 0 Å². The molecule has 0 radical (unpaired) electrons. The summed E-state index contributed by atoms with van der Waals surface area (Å²) in [5, 5.41) is 0. The molecule has 0 amide bonds. The Kier molecular flexibility index (Phi) is 4.27. The van der Waals surface area contributed by atoms with Crippen LogP contribution in [-0.2, 0) is 0 Å². The van der Waals surface area contributed by atoms with Crippen molar-refractivity contribution in [2.24, 2.45) is 0 Å². The minimum absolute atomic E-state index is 1.04. The second-order valence-electron chi connectivity index (χ2n) is 2.73. The summed E-state index contributed by atoms with van der Waals surface area (Å²) in [7, 11) is 0. The van der Waals surface area contributed by atoms with Crippen molar-refractivity contribution in [2.45, 2.75) is 27.7 Å². The molecule has 1 heteroatoms. The molecule has 0 fully saturated rings.